The van der Waals surface area contributed by atoms with Gasteiger partial charge >= 0.3 is 0 Å². The van der Waals surface area contributed by atoms with Gasteiger partial charge in [0.15, 0.2) is 0 Å². The minimum Gasteiger partial charge on any atom is -0.340 e. The lowest BCUT2D eigenvalue weighted by Gasteiger charge is -2.06. The van der Waals surface area contributed by atoms with Crippen LogP contribution in [-0.2, 0) is 7.05 Å². The van der Waals surface area contributed by atoms with Crippen LogP contribution < -0.4 is 5.32 Å². The molecule has 4 nitrogen and oxygen atoms in total. The Balaban J connectivity index is 1.94. The predicted molar refractivity (Wildman–Crippen MR) is 82.0 cm³/mol. The van der Waals surface area contributed by atoms with Gasteiger partial charge in [-0.3, -0.25) is 4.79 Å². The number of nitrogens with one attached hydrogen (secondary N) is 1. The molecule has 0 aliphatic rings. The van der Waals surface area contributed by atoms with Gasteiger partial charge in [-0.25, -0.2) is 0 Å². The van der Waals surface area contributed by atoms with Crippen LogP contribution in [0.25, 0.3) is 10.9 Å². The van der Waals surface area contributed by atoms with Crippen molar-refractivity contribution in [3.63, 3.8) is 0 Å². The Morgan fingerprint density at radius 2 is 1.95 bits per heavy atom. The van der Waals surface area contributed by atoms with Crippen LogP contribution in [0.5, 0.6) is 0 Å². The van der Waals surface area contributed by atoms with Gasteiger partial charge in [0.2, 0.25) is 0 Å². The number of carbonyl (C=O) groups excluding carboxylic acids is 1. The highest BCUT2D eigenvalue weighted by atomic mass is 16.1. The number of anilines is 1. The van der Waals surface area contributed by atoms with Crippen molar-refractivity contribution in [1.82, 2.24) is 4.57 Å². The molecule has 3 aromatic rings. The third kappa shape index (κ3) is 2.37. The van der Waals surface area contributed by atoms with Crippen LogP contribution in [0.4, 0.5) is 5.69 Å². The minimum absolute atomic E-state index is 0.191. The average Bonchev–Trinajstić information content (AvgIpc) is 2.85. The largest absolute Gasteiger partial charge is 0.340 e. The molecule has 0 aliphatic carbocycles. The Morgan fingerprint density at radius 3 is 2.71 bits per heavy atom. The Morgan fingerprint density at radius 1 is 1.14 bits per heavy atom. The number of carbonyl (C=O) groups is 1. The number of rotatable bonds is 2. The molecule has 2 aromatic carbocycles. The zero-order valence-corrected chi connectivity index (χ0v) is 11.5. The summed E-state index contributed by atoms with van der Waals surface area (Å²) in [7, 11) is 1.86. The van der Waals surface area contributed by atoms with Gasteiger partial charge in [-0.05, 0) is 30.3 Å². The number of hydrogen-bond donors (Lipinski definition) is 1. The van der Waals surface area contributed by atoms with E-state index in [0.717, 1.165) is 10.9 Å². The summed E-state index contributed by atoms with van der Waals surface area (Å²) in [5, 5.41) is 12.7. The molecule has 3 rings (SSSR count). The SMILES string of the molecule is Cn1c(C(=O)Nc2cccc(C#N)c2)cc2ccccc21. The van der Waals surface area contributed by atoms with Crippen LogP contribution in [0.1, 0.15) is 16.1 Å². The molecule has 0 atom stereocenters. The van der Waals surface area contributed by atoms with Crippen LogP contribution in [0.2, 0.25) is 0 Å². The zero-order valence-electron chi connectivity index (χ0n) is 11.5. The second-order valence-electron chi connectivity index (χ2n) is 4.79. The topological polar surface area (TPSA) is 57.8 Å². The van der Waals surface area contributed by atoms with Gasteiger partial charge in [-0.2, -0.15) is 5.26 Å². The summed E-state index contributed by atoms with van der Waals surface area (Å²) in [5.74, 6) is -0.191. The molecule has 4 heteroatoms. The molecule has 21 heavy (non-hydrogen) atoms. The number of nitriles is 1. The number of para-hydroxylation sites is 1. The van der Waals surface area contributed by atoms with Gasteiger partial charge < -0.3 is 9.88 Å². The van der Waals surface area contributed by atoms with E-state index in [2.05, 4.69) is 11.4 Å². The first-order valence-electron chi connectivity index (χ1n) is 6.55. The summed E-state index contributed by atoms with van der Waals surface area (Å²) in [5.41, 5.74) is 2.72. The summed E-state index contributed by atoms with van der Waals surface area (Å²) in [6.45, 7) is 0. The predicted octanol–water partition coefficient (Wildman–Crippen LogP) is 3.30. The monoisotopic (exact) mass is 275 g/mol. The summed E-state index contributed by atoms with van der Waals surface area (Å²) < 4.78 is 1.86. The second-order valence-corrected chi connectivity index (χ2v) is 4.79. The molecule has 0 bridgehead atoms. The standard InChI is InChI=1S/C17H13N3O/c1-20-15-8-3-2-6-13(15)10-16(20)17(21)19-14-7-4-5-12(9-14)11-18/h2-10H,1H3,(H,19,21). The maximum absolute atomic E-state index is 12.4. The molecule has 0 aliphatic heterocycles. The van der Waals surface area contributed by atoms with Crippen LogP contribution in [-0.4, -0.2) is 10.5 Å². The van der Waals surface area contributed by atoms with E-state index in [9.17, 15) is 4.79 Å². The number of nitrogens with zero attached hydrogens (tertiary/aromatic N) is 2. The van der Waals surface area contributed by atoms with Crippen molar-refractivity contribution in [3.05, 3.63) is 65.9 Å². The van der Waals surface area contributed by atoms with E-state index < -0.39 is 0 Å². The van der Waals surface area contributed by atoms with E-state index in [-0.39, 0.29) is 5.91 Å². The van der Waals surface area contributed by atoms with E-state index in [0.29, 0.717) is 16.9 Å². The van der Waals surface area contributed by atoms with Crippen molar-refractivity contribution in [2.24, 2.45) is 7.05 Å². The summed E-state index contributed by atoms with van der Waals surface area (Å²) in [6, 6.07) is 18.6. The first kappa shape index (κ1) is 12.9. The highest BCUT2D eigenvalue weighted by Crippen LogP contribution is 2.19. The molecule has 1 aromatic heterocycles. The number of fused-ring (bicyclic) bond motifs is 1. The van der Waals surface area contributed by atoms with E-state index in [1.807, 2.05) is 41.9 Å². The molecule has 0 fully saturated rings. The second kappa shape index (κ2) is 5.14. The quantitative estimate of drug-likeness (QED) is 0.780. The maximum atomic E-state index is 12.4. The molecule has 1 amide bonds. The fourth-order valence-electron chi connectivity index (χ4n) is 2.37. The molecule has 0 unspecified atom stereocenters. The first-order chi connectivity index (χ1) is 10.2. The third-order valence-corrected chi connectivity index (χ3v) is 3.43. The Hall–Kier alpha value is -3.06. The fraction of sp³-hybridized carbons (Fsp3) is 0.0588. The lowest BCUT2D eigenvalue weighted by Crippen LogP contribution is -2.15. The lowest BCUT2D eigenvalue weighted by molar-refractivity contribution is 0.102. The van der Waals surface area contributed by atoms with Gasteiger partial charge in [0, 0.05) is 23.6 Å². The maximum Gasteiger partial charge on any atom is 0.272 e. The number of benzene rings is 2. The number of amides is 1. The molecule has 0 radical (unpaired) electrons. The Bertz CT molecular complexity index is 871. The van der Waals surface area contributed by atoms with Crippen molar-refractivity contribution in [2.45, 2.75) is 0 Å². The van der Waals surface area contributed by atoms with Gasteiger partial charge in [0.25, 0.3) is 5.91 Å². The number of hydrogen-bond acceptors (Lipinski definition) is 2. The number of aromatic nitrogens is 1. The summed E-state index contributed by atoms with van der Waals surface area (Å²) in [4.78, 5) is 12.4. The first-order valence-corrected chi connectivity index (χ1v) is 6.55. The Kier molecular flexibility index (Phi) is 3.17. The van der Waals surface area contributed by atoms with E-state index in [1.54, 1.807) is 24.3 Å². The highest BCUT2D eigenvalue weighted by molar-refractivity contribution is 6.06. The molecular formula is C17H13N3O. The van der Waals surface area contributed by atoms with E-state index in [4.69, 9.17) is 5.26 Å². The van der Waals surface area contributed by atoms with Gasteiger partial charge in [-0.1, -0.05) is 24.3 Å². The van der Waals surface area contributed by atoms with Crippen molar-refractivity contribution < 1.29 is 4.79 Å². The van der Waals surface area contributed by atoms with Crippen LogP contribution in [0, 0.1) is 11.3 Å². The number of aryl methyl sites for hydroxylation is 1. The smallest absolute Gasteiger partial charge is 0.272 e. The van der Waals surface area contributed by atoms with E-state index in [1.165, 1.54) is 0 Å². The summed E-state index contributed by atoms with van der Waals surface area (Å²) >= 11 is 0. The van der Waals surface area contributed by atoms with Crippen LogP contribution >= 0.6 is 0 Å². The van der Waals surface area contributed by atoms with Gasteiger partial charge in [-0.15, -0.1) is 0 Å². The van der Waals surface area contributed by atoms with Crippen molar-refractivity contribution in [1.29, 1.82) is 5.26 Å². The van der Waals surface area contributed by atoms with Gasteiger partial charge in [0.05, 0.1) is 11.6 Å². The molecule has 0 saturated carbocycles. The van der Waals surface area contributed by atoms with Gasteiger partial charge in [0.1, 0.15) is 5.69 Å². The normalized spacial score (nSPS) is 10.3. The van der Waals surface area contributed by atoms with Crippen LogP contribution in [0.15, 0.2) is 54.6 Å². The molecular weight excluding hydrogens is 262 g/mol. The molecule has 1 N–H and O–H groups in total. The zero-order chi connectivity index (χ0) is 14.8. The fourth-order valence-corrected chi connectivity index (χ4v) is 2.37. The minimum atomic E-state index is -0.191. The van der Waals surface area contributed by atoms with Crippen molar-refractivity contribution in [2.75, 3.05) is 5.32 Å². The summed E-state index contributed by atoms with van der Waals surface area (Å²) in [6.07, 6.45) is 0. The molecule has 0 spiro atoms. The Labute approximate surface area is 122 Å². The van der Waals surface area contributed by atoms with Crippen LogP contribution in [0.3, 0.4) is 0 Å². The molecule has 102 valence electrons. The highest BCUT2D eigenvalue weighted by Gasteiger charge is 2.13. The molecule has 0 saturated heterocycles. The average molecular weight is 275 g/mol. The van der Waals surface area contributed by atoms with Crippen molar-refractivity contribution >= 4 is 22.5 Å². The van der Waals surface area contributed by atoms with E-state index >= 15 is 0 Å². The molecule has 1 heterocycles. The third-order valence-electron chi connectivity index (χ3n) is 3.43. The lowest BCUT2D eigenvalue weighted by atomic mass is 10.2. The van der Waals surface area contributed by atoms with Crippen molar-refractivity contribution in [3.8, 4) is 6.07 Å².